The minimum atomic E-state index is -0.825. The monoisotopic (exact) mass is 451 g/mol. The van der Waals surface area contributed by atoms with Gasteiger partial charge in [0.05, 0.1) is 6.61 Å². The molecule has 1 aliphatic rings. The normalized spacial score (nSPS) is 13.6. The summed E-state index contributed by atoms with van der Waals surface area (Å²) >= 11 is 0. The third-order valence-electron chi connectivity index (χ3n) is 5.95. The Hall–Kier alpha value is -2.79. The maximum absolute atomic E-state index is 11.7. The number of benzene rings is 2. The number of hydrogen-bond donors (Lipinski definition) is 1. The summed E-state index contributed by atoms with van der Waals surface area (Å²) in [6.07, 6.45) is 7.78. The summed E-state index contributed by atoms with van der Waals surface area (Å²) in [7, 11) is 0. The molecule has 0 spiro atoms. The first-order valence-electron chi connectivity index (χ1n) is 12.3. The molecule has 0 fully saturated rings. The van der Waals surface area contributed by atoms with Gasteiger partial charge >= 0.3 is 5.97 Å². The van der Waals surface area contributed by atoms with Crippen LogP contribution < -0.4 is 9.64 Å². The molecule has 1 N–H and O–H groups in total. The lowest BCUT2D eigenvalue weighted by Gasteiger charge is -2.29. The van der Waals surface area contributed by atoms with Gasteiger partial charge in [0.1, 0.15) is 12.4 Å². The van der Waals surface area contributed by atoms with E-state index in [1.807, 2.05) is 18.2 Å². The molecule has 0 aromatic heterocycles. The number of hydrogen-bond acceptors (Lipinski definition) is 4. The Morgan fingerprint density at radius 1 is 0.970 bits per heavy atom. The summed E-state index contributed by atoms with van der Waals surface area (Å²) in [5, 5.41) is 9.63. The van der Waals surface area contributed by atoms with Crippen LogP contribution in [0.1, 0.15) is 57.9 Å². The molecular weight excluding hydrogens is 414 g/mol. The summed E-state index contributed by atoms with van der Waals surface area (Å²) < 4.78 is 11.3. The zero-order valence-corrected chi connectivity index (χ0v) is 20.0. The second-order valence-corrected chi connectivity index (χ2v) is 8.53. The van der Waals surface area contributed by atoms with Gasteiger partial charge in [-0.05, 0) is 72.7 Å². The first-order chi connectivity index (χ1) is 16.1. The molecule has 0 radical (unpaired) electrons. The number of fused-ring (bicyclic) bond motifs is 1. The Morgan fingerprint density at radius 3 is 2.45 bits per heavy atom. The quantitative estimate of drug-likeness (QED) is 0.378. The Morgan fingerprint density at radius 2 is 1.73 bits per heavy atom. The third-order valence-corrected chi connectivity index (χ3v) is 5.95. The zero-order valence-electron chi connectivity index (χ0n) is 20.0. The fourth-order valence-corrected chi connectivity index (χ4v) is 4.04. The lowest BCUT2D eigenvalue weighted by atomic mass is 9.96. The molecule has 0 unspecified atom stereocenters. The Bertz CT molecular complexity index is 920. The molecule has 5 nitrogen and oxygen atoms in total. The van der Waals surface area contributed by atoms with E-state index >= 15 is 0 Å². The van der Waals surface area contributed by atoms with E-state index in [-0.39, 0.29) is 0 Å². The largest absolute Gasteiger partial charge is 0.491 e. The summed E-state index contributed by atoms with van der Waals surface area (Å²) in [6, 6.07) is 14.4. The molecular formula is C28H37NO4. The maximum atomic E-state index is 11.7. The molecule has 3 rings (SSSR count). The standard InChI is InChI=1S/C28H37NO4/c1-3-5-15-29-16-7-8-24(28(30)31)21-25-20-23(11-14-27(25)29)22-9-12-26(13-10-22)33-19-18-32-17-6-4-2/h9-14,20-21H,3-8,15-19H2,1-2H3,(H,30,31). The molecule has 0 amide bonds. The van der Waals surface area contributed by atoms with Crippen molar-refractivity contribution in [2.24, 2.45) is 0 Å². The predicted molar refractivity (Wildman–Crippen MR) is 135 cm³/mol. The summed E-state index contributed by atoms with van der Waals surface area (Å²) in [5.74, 6) is -0.00331. The number of ether oxygens (including phenoxy) is 2. The van der Waals surface area contributed by atoms with E-state index in [0.717, 1.165) is 79.9 Å². The Labute approximate surface area is 198 Å². The molecule has 0 saturated carbocycles. The number of carboxylic acids is 1. The van der Waals surface area contributed by atoms with Crippen molar-refractivity contribution in [2.75, 3.05) is 37.8 Å². The van der Waals surface area contributed by atoms with E-state index in [1.54, 1.807) is 0 Å². The van der Waals surface area contributed by atoms with Crippen molar-refractivity contribution in [3.63, 3.8) is 0 Å². The van der Waals surface area contributed by atoms with E-state index in [9.17, 15) is 9.90 Å². The van der Waals surface area contributed by atoms with Gasteiger partial charge in [0.2, 0.25) is 0 Å². The van der Waals surface area contributed by atoms with Gasteiger partial charge in [0.15, 0.2) is 0 Å². The Balaban J connectivity index is 1.76. The maximum Gasteiger partial charge on any atom is 0.331 e. The second-order valence-electron chi connectivity index (χ2n) is 8.53. The molecule has 1 aliphatic heterocycles. The highest BCUT2D eigenvalue weighted by Crippen LogP contribution is 2.32. The number of aliphatic carboxylic acids is 1. The summed E-state index contributed by atoms with van der Waals surface area (Å²) in [4.78, 5) is 14.1. The molecule has 0 saturated heterocycles. The van der Waals surface area contributed by atoms with Gasteiger partial charge in [0, 0.05) is 31.0 Å². The van der Waals surface area contributed by atoms with Gasteiger partial charge in [-0.3, -0.25) is 0 Å². The average molecular weight is 452 g/mol. The first kappa shape index (κ1) is 24.8. The van der Waals surface area contributed by atoms with Crippen LogP contribution in [-0.4, -0.2) is 44.0 Å². The van der Waals surface area contributed by atoms with E-state index in [1.165, 1.54) is 0 Å². The van der Waals surface area contributed by atoms with Crippen LogP contribution in [0, 0.1) is 0 Å². The molecule has 2 aromatic rings. The number of carboxylic acid groups (broad SMARTS) is 1. The van der Waals surface area contributed by atoms with Gasteiger partial charge in [0.25, 0.3) is 0 Å². The van der Waals surface area contributed by atoms with Crippen molar-refractivity contribution >= 4 is 17.7 Å². The molecule has 5 heteroatoms. The molecule has 178 valence electrons. The van der Waals surface area contributed by atoms with Crippen LogP contribution in [0.4, 0.5) is 5.69 Å². The number of rotatable bonds is 12. The average Bonchev–Trinajstić information content (AvgIpc) is 2.81. The smallest absolute Gasteiger partial charge is 0.331 e. The minimum Gasteiger partial charge on any atom is -0.491 e. The molecule has 0 bridgehead atoms. The van der Waals surface area contributed by atoms with Crippen LogP contribution in [0.15, 0.2) is 48.0 Å². The van der Waals surface area contributed by atoms with Gasteiger partial charge in [-0.1, -0.05) is 44.9 Å². The van der Waals surface area contributed by atoms with Crippen LogP contribution in [0.25, 0.3) is 17.2 Å². The molecule has 0 aliphatic carbocycles. The fraction of sp³-hybridized carbons (Fsp3) is 0.464. The van der Waals surface area contributed by atoms with E-state index < -0.39 is 5.97 Å². The van der Waals surface area contributed by atoms with Crippen LogP contribution in [0.3, 0.4) is 0 Å². The van der Waals surface area contributed by atoms with Crippen molar-refractivity contribution in [3.05, 3.63) is 53.6 Å². The highest BCUT2D eigenvalue weighted by Gasteiger charge is 2.17. The molecule has 0 atom stereocenters. The number of carbonyl (C=O) groups is 1. The Kier molecular flexibility index (Phi) is 9.82. The van der Waals surface area contributed by atoms with E-state index in [2.05, 4.69) is 49.1 Å². The van der Waals surface area contributed by atoms with Crippen LogP contribution in [-0.2, 0) is 9.53 Å². The van der Waals surface area contributed by atoms with Crippen LogP contribution >= 0.6 is 0 Å². The molecule has 2 aromatic carbocycles. The zero-order chi connectivity index (χ0) is 23.5. The minimum absolute atomic E-state index is 0.480. The van der Waals surface area contributed by atoms with Gasteiger partial charge in [-0.25, -0.2) is 4.79 Å². The van der Waals surface area contributed by atoms with Gasteiger partial charge in [-0.2, -0.15) is 0 Å². The number of anilines is 1. The third kappa shape index (κ3) is 7.36. The number of unbranched alkanes of at least 4 members (excludes halogenated alkanes) is 2. The molecule has 1 heterocycles. The summed E-state index contributed by atoms with van der Waals surface area (Å²) in [5.41, 5.74) is 4.73. The first-order valence-corrected chi connectivity index (χ1v) is 12.3. The molecule has 33 heavy (non-hydrogen) atoms. The van der Waals surface area contributed by atoms with Crippen LogP contribution in [0.5, 0.6) is 5.75 Å². The SMILES string of the molecule is CCCCOCCOc1ccc(-c2ccc3c(c2)C=C(C(=O)O)CCCN3CCCC)cc1. The topological polar surface area (TPSA) is 59.0 Å². The predicted octanol–water partition coefficient (Wildman–Crippen LogP) is 6.42. The van der Waals surface area contributed by atoms with Crippen molar-refractivity contribution in [3.8, 4) is 16.9 Å². The van der Waals surface area contributed by atoms with Crippen LogP contribution in [0.2, 0.25) is 0 Å². The number of nitrogens with zero attached hydrogens (tertiary/aromatic N) is 1. The van der Waals surface area contributed by atoms with Gasteiger partial charge in [-0.15, -0.1) is 0 Å². The van der Waals surface area contributed by atoms with Crippen molar-refractivity contribution in [1.82, 2.24) is 0 Å². The summed E-state index contributed by atoms with van der Waals surface area (Å²) in [6.45, 7) is 8.14. The van der Waals surface area contributed by atoms with Crippen molar-refractivity contribution < 1.29 is 19.4 Å². The van der Waals surface area contributed by atoms with Crippen molar-refractivity contribution in [2.45, 2.75) is 52.4 Å². The highest BCUT2D eigenvalue weighted by atomic mass is 16.5. The fourth-order valence-electron chi connectivity index (χ4n) is 4.04. The van der Waals surface area contributed by atoms with E-state index in [0.29, 0.717) is 25.2 Å². The van der Waals surface area contributed by atoms with Crippen molar-refractivity contribution in [1.29, 1.82) is 0 Å². The lowest BCUT2D eigenvalue weighted by molar-refractivity contribution is -0.132. The lowest BCUT2D eigenvalue weighted by Crippen LogP contribution is -2.27. The van der Waals surface area contributed by atoms with E-state index in [4.69, 9.17) is 9.47 Å². The highest BCUT2D eigenvalue weighted by molar-refractivity contribution is 5.94. The second kappa shape index (κ2) is 13.0. The van der Waals surface area contributed by atoms with Gasteiger partial charge < -0.3 is 19.5 Å².